The zero-order valence-corrected chi connectivity index (χ0v) is 13.7. The second-order valence-corrected chi connectivity index (χ2v) is 6.98. The van der Waals surface area contributed by atoms with E-state index in [0.29, 0.717) is 11.6 Å². The summed E-state index contributed by atoms with van der Waals surface area (Å²) >= 11 is 0. The van der Waals surface area contributed by atoms with Crippen LogP contribution >= 0.6 is 0 Å². The third-order valence-corrected chi connectivity index (χ3v) is 5.08. The Kier molecular flexibility index (Phi) is 3.99. The lowest BCUT2D eigenvalue weighted by Gasteiger charge is -2.10. The molecule has 23 heavy (non-hydrogen) atoms. The van der Waals surface area contributed by atoms with E-state index in [2.05, 4.69) is 33.6 Å². The van der Waals surface area contributed by atoms with Gasteiger partial charge in [0.1, 0.15) is 0 Å². The molecule has 1 atom stereocenters. The number of nitrogens with zero attached hydrogens (tertiary/aromatic N) is 4. The van der Waals surface area contributed by atoms with Crippen LogP contribution in [0.25, 0.3) is 5.65 Å². The van der Waals surface area contributed by atoms with Crippen LogP contribution in [0.4, 0.5) is 5.95 Å². The summed E-state index contributed by atoms with van der Waals surface area (Å²) in [6.45, 7) is 4.21. The summed E-state index contributed by atoms with van der Waals surface area (Å²) in [5.41, 5.74) is 1.58. The predicted molar refractivity (Wildman–Crippen MR) is 86.7 cm³/mol. The quantitative estimate of drug-likeness (QED) is 0.775. The van der Waals surface area contributed by atoms with E-state index >= 15 is 0 Å². The maximum atomic E-state index is 12.4. The molecule has 0 fully saturated rings. The summed E-state index contributed by atoms with van der Waals surface area (Å²) in [4.78, 5) is 8.18. The highest BCUT2D eigenvalue weighted by atomic mass is 32.2. The fourth-order valence-corrected chi connectivity index (χ4v) is 3.12. The van der Waals surface area contributed by atoms with Crippen molar-refractivity contribution in [1.82, 2.24) is 19.6 Å². The van der Waals surface area contributed by atoms with Gasteiger partial charge in [0, 0.05) is 12.4 Å². The first-order valence-electron chi connectivity index (χ1n) is 7.29. The van der Waals surface area contributed by atoms with E-state index in [1.54, 1.807) is 24.5 Å². The van der Waals surface area contributed by atoms with Crippen LogP contribution in [0.3, 0.4) is 0 Å². The van der Waals surface area contributed by atoms with Crippen LogP contribution in [-0.4, -0.2) is 28.0 Å². The van der Waals surface area contributed by atoms with Crippen molar-refractivity contribution in [3.8, 4) is 0 Å². The van der Waals surface area contributed by atoms with Gasteiger partial charge < -0.3 is 0 Å². The molecule has 0 saturated carbocycles. The second-order valence-electron chi connectivity index (χ2n) is 5.30. The summed E-state index contributed by atoms with van der Waals surface area (Å²) in [7, 11) is -3.72. The summed E-state index contributed by atoms with van der Waals surface area (Å²) in [6.07, 6.45) is 5.66. The van der Waals surface area contributed by atoms with Gasteiger partial charge in [-0.05, 0) is 30.0 Å². The van der Waals surface area contributed by atoms with Crippen molar-refractivity contribution in [3.05, 3.63) is 48.4 Å². The number of hydrogen-bond acceptors (Lipinski definition) is 5. The lowest BCUT2D eigenvalue weighted by molar-refractivity contribution is 0.600. The Balaban J connectivity index is 1.86. The minimum absolute atomic E-state index is 0.0176. The highest BCUT2D eigenvalue weighted by Crippen LogP contribution is 2.21. The zero-order valence-electron chi connectivity index (χ0n) is 12.8. The monoisotopic (exact) mass is 331 g/mol. The molecule has 0 aliphatic carbocycles. The van der Waals surface area contributed by atoms with Gasteiger partial charge in [0.2, 0.25) is 0 Å². The van der Waals surface area contributed by atoms with Crippen LogP contribution in [0.5, 0.6) is 0 Å². The van der Waals surface area contributed by atoms with Crippen molar-refractivity contribution >= 4 is 21.6 Å². The number of aromatic nitrogens is 4. The average Bonchev–Trinajstić information content (AvgIpc) is 2.95. The molecule has 8 heteroatoms. The van der Waals surface area contributed by atoms with Gasteiger partial charge in [-0.3, -0.25) is 4.98 Å². The van der Waals surface area contributed by atoms with E-state index in [4.69, 9.17) is 0 Å². The van der Waals surface area contributed by atoms with E-state index < -0.39 is 10.0 Å². The molecule has 0 aliphatic rings. The van der Waals surface area contributed by atoms with Crippen LogP contribution < -0.4 is 4.72 Å². The van der Waals surface area contributed by atoms with E-state index in [1.165, 1.54) is 10.7 Å². The summed E-state index contributed by atoms with van der Waals surface area (Å²) in [6, 6.07) is 6.87. The van der Waals surface area contributed by atoms with E-state index in [1.807, 2.05) is 12.1 Å². The molecular weight excluding hydrogens is 314 g/mol. The molecular formula is C15H17N5O2S. The van der Waals surface area contributed by atoms with Crippen molar-refractivity contribution in [1.29, 1.82) is 0 Å². The number of nitrogens with one attached hydrogen (secondary N) is 1. The third-order valence-electron chi connectivity index (χ3n) is 3.74. The lowest BCUT2D eigenvalue weighted by atomic mass is 9.99. The molecule has 120 valence electrons. The molecule has 1 N–H and O–H groups in total. The minimum atomic E-state index is -3.72. The summed E-state index contributed by atoms with van der Waals surface area (Å²) in [5.74, 6) is 0.413. The van der Waals surface area contributed by atoms with Crippen molar-refractivity contribution in [3.63, 3.8) is 0 Å². The molecule has 0 radical (unpaired) electrons. The van der Waals surface area contributed by atoms with Crippen LogP contribution in [0, 0.1) is 0 Å². The van der Waals surface area contributed by atoms with Gasteiger partial charge >= 0.3 is 0 Å². The van der Waals surface area contributed by atoms with Gasteiger partial charge in [0.25, 0.3) is 16.0 Å². The molecule has 2 heterocycles. The van der Waals surface area contributed by atoms with Gasteiger partial charge in [-0.15, -0.1) is 5.10 Å². The van der Waals surface area contributed by atoms with Gasteiger partial charge in [-0.1, -0.05) is 26.0 Å². The topological polar surface area (TPSA) is 89.2 Å². The van der Waals surface area contributed by atoms with Gasteiger partial charge in [-0.2, -0.15) is 4.98 Å². The van der Waals surface area contributed by atoms with E-state index in [9.17, 15) is 8.42 Å². The van der Waals surface area contributed by atoms with Gasteiger partial charge in [0.15, 0.2) is 5.65 Å². The molecule has 2 aromatic heterocycles. The number of fused-ring (bicyclic) bond motifs is 1. The molecule has 3 aromatic rings. The lowest BCUT2D eigenvalue weighted by Crippen LogP contribution is -2.14. The van der Waals surface area contributed by atoms with Crippen LogP contribution in [0.1, 0.15) is 31.7 Å². The zero-order chi connectivity index (χ0) is 16.4. The molecule has 3 rings (SSSR count). The Hall–Kier alpha value is -2.48. The molecule has 0 amide bonds. The highest BCUT2D eigenvalue weighted by Gasteiger charge is 2.17. The number of benzene rings is 1. The summed E-state index contributed by atoms with van der Waals surface area (Å²) in [5, 5.41) is 4.06. The Bertz CT molecular complexity index is 885. The predicted octanol–water partition coefficient (Wildman–Crippen LogP) is 2.44. The van der Waals surface area contributed by atoms with Gasteiger partial charge in [0.05, 0.1) is 11.1 Å². The van der Waals surface area contributed by atoms with E-state index in [-0.39, 0.29) is 10.8 Å². The fraction of sp³-hybridized carbons (Fsp3) is 0.267. The van der Waals surface area contributed by atoms with Crippen molar-refractivity contribution < 1.29 is 8.42 Å². The average molecular weight is 331 g/mol. The molecule has 0 aliphatic heterocycles. The highest BCUT2D eigenvalue weighted by molar-refractivity contribution is 7.92. The molecule has 7 nitrogen and oxygen atoms in total. The SMILES string of the molecule is CCC(C)c1ccc(S(=O)(=O)Nc2nc3cnccn3n2)cc1. The Morgan fingerprint density at radius 1 is 1.26 bits per heavy atom. The Morgan fingerprint density at radius 2 is 2.00 bits per heavy atom. The Morgan fingerprint density at radius 3 is 2.65 bits per heavy atom. The van der Waals surface area contributed by atoms with Crippen LogP contribution in [0.2, 0.25) is 0 Å². The molecule has 1 unspecified atom stereocenters. The first kappa shape index (κ1) is 15.4. The standard InChI is InChI=1S/C15H17N5O2S/c1-3-11(2)12-4-6-13(7-5-12)23(21,22)19-15-17-14-10-16-8-9-20(14)18-15/h4-11H,3H2,1-2H3,(H,18,19). The maximum absolute atomic E-state index is 12.4. The van der Waals surface area contributed by atoms with E-state index in [0.717, 1.165) is 12.0 Å². The summed E-state index contributed by atoms with van der Waals surface area (Å²) < 4.78 is 28.7. The number of rotatable bonds is 5. The number of sulfonamides is 1. The normalized spacial score (nSPS) is 13.1. The second kappa shape index (κ2) is 5.96. The maximum Gasteiger partial charge on any atom is 0.264 e. The first-order valence-corrected chi connectivity index (χ1v) is 8.77. The molecule has 0 saturated heterocycles. The van der Waals surface area contributed by atoms with Crippen molar-refractivity contribution in [2.75, 3.05) is 4.72 Å². The largest absolute Gasteiger partial charge is 0.264 e. The number of hydrogen-bond donors (Lipinski definition) is 1. The third kappa shape index (κ3) is 3.16. The molecule has 0 bridgehead atoms. The molecule has 0 spiro atoms. The van der Waals surface area contributed by atoms with Crippen LogP contribution in [0.15, 0.2) is 47.8 Å². The van der Waals surface area contributed by atoms with Crippen LogP contribution in [-0.2, 0) is 10.0 Å². The molecule has 1 aromatic carbocycles. The van der Waals surface area contributed by atoms with Crippen molar-refractivity contribution in [2.24, 2.45) is 0 Å². The van der Waals surface area contributed by atoms with Crippen molar-refractivity contribution in [2.45, 2.75) is 31.1 Å². The van der Waals surface area contributed by atoms with Gasteiger partial charge in [-0.25, -0.2) is 17.7 Å². The first-order chi connectivity index (χ1) is 11.0. The Labute approximate surface area is 134 Å². The smallest absolute Gasteiger partial charge is 0.259 e. The fourth-order valence-electron chi connectivity index (χ4n) is 2.18. The number of anilines is 1. The minimum Gasteiger partial charge on any atom is -0.259 e.